The maximum Gasteiger partial charge on any atom is 0.333 e. The summed E-state index contributed by atoms with van der Waals surface area (Å²) in [6, 6.07) is 16.6. The van der Waals surface area contributed by atoms with E-state index in [0.717, 1.165) is 15.8 Å². The number of rotatable bonds is 3. The lowest BCUT2D eigenvalue weighted by molar-refractivity contribution is 0.577. The van der Waals surface area contributed by atoms with Crippen LogP contribution in [0.1, 0.15) is 0 Å². The van der Waals surface area contributed by atoms with Crippen LogP contribution in [0.4, 0.5) is 11.6 Å². The lowest BCUT2D eigenvalue weighted by Crippen LogP contribution is -2.36. The molecule has 0 aliphatic heterocycles. The van der Waals surface area contributed by atoms with E-state index in [1.165, 1.54) is 11.6 Å². The molecule has 0 spiro atoms. The van der Waals surface area contributed by atoms with E-state index < -0.39 is 11.2 Å². The molecule has 0 unspecified atom stereocenters. The van der Waals surface area contributed by atoms with Gasteiger partial charge in [0.25, 0.3) is 5.56 Å². The highest BCUT2D eigenvalue weighted by Crippen LogP contribution is 2.38. The van der Waals surface area contributed by atoms with Crippen molar-refractivity contribution in [2.24, 2.45) is 14.1 Å². The van der Waals surface area contributed by atoms with Crippen molar-refractivity contribution in [3.8, 4) is 11.1 Å². The summed E-state index contributed by atoms with van der Waals surface area (Å²) in [7, 11) is 3.03. The maximum atomic E-state index is 12.9. The summed E-state index contributed by atoms with van der Waals surface area (Å²) in [6.07, 6.45) is 0. The van der Waals surface area contributed by atoms with Crippen LogP contribution in [0, 0.1) is 0 Å². The van der Waals surface area contributed by atoms with Crippen molar-refractivity contribution >= 4 is 34.3 Å². The molecule has 0 amide bonds. The lowest BCUT2D eigenvalue weighted by atomic mass is 10.1. The van der Waals surface area contributed by atoms with Gasteiger partial charge in [-0.05, 0) is 29.8 Å². The zero-order chi connectivity index (χ0) is 19.1. The van der Waals surface area contributed by atoms with Crippen molar-refractivity contribution in [3.63, 3.8) is 0 Å². The van der Waals surface area contributed by atoms with Crippen LogP contribution in [0.5, 0.6) is 0 Å². The Balaban J connectivity index is 2.07. The van der Waals surface area contributed by atoms with Gasteiger partial charge in [0.15, 0.2) is 0 Å². The predicted octanol–water partition coefficient (Wildman–Crippen LogP) is 3.89. The maximum absolute atomic E-state index is 12.9. The van der Waals surface area contributed by atoms with E-state index in [-0.39, 0.29) is 5.71 Å². The topological polar surface area (TPSA) is 69.2 Å². The molecule has 27 heavy (non-hydrogen) atoms. The second-order valence-electron chi connectivity index (χ2n) is 6.19. The van der Waals surface area contributed by atoms with Crippen molar-refractivity contribution in [3.05, 3.63) is 80.5 Å². The van der Waals surface area contributed by atoms with Gasteiger partial charge in [0, 0.05) is 24.8 Å². The molecule has 0 radical (unpaired) electrons. The first-order valence-electron chi connectivity index (χ1n) is 8.28. The number of anilines is 2. The summed E-state index contributed by atoms with van der Waals surface area (Å²) in [5.41, 5.74) is 1.49. The molecule has 0 saturated carbocycles. The smallest absolute Gasteiger partial charge is 0.333 e. The Morgan fingerprint density at radius 2 is 1.59 bits per heavy atom. The van der Waals surface area contributed by atoms with Gasteiger partial charge in [-0.3, -0.25) is 13.9 Å². The summed E-state index contributed by atoms with van der Waals surface area (Å²) >= 11 is 6.01. The molecular weight excluding hydrogens is 366 g/mol. The number of para-hydroxylation sites is 1. The number of aryl methyl sites for hydroxylation is 1. The zero-order valence-electron chi connectivity index (χ0n) is 14.7. The molecule has 136 valence electrons. The molecule has 2 aromatic heterocycles. The minimum absolute atomic E-state index is 0.214. The molecule has 2 heterocycles. The Labute approximate surface area is 159 Å². The lowest BCUT2D eigenvalue weighted by Gasteiger charge is -2.06. The minimum Gasteiger partial charge on any atom is -0.423 e. The van der Waals surface area contributed by atoms with E-state index in [1.54, 1.807) is 19.2 Å². The van der Waals surface area contributed by atoms with E-state index in [2.05, 4.69) is 5.32 Å². The average molecular weight is 382 g/mol. The fraction of sp³-hybridized carbons (Fsp3) is 0.100. The highest BCUT2D eigenvalue weighted by Gasteiger charge is 2.23. The zero-order valence-corrected chi connectivity index (χ0v) is 15.4. The number of hydrogen-bond donors (Lipinski definition) is 1. The van der Waals surface area contributed by atoms with Crippen molar-refractivity contribution < 1.29 is 4.42 Å². The van der Waals surface area contributed by atoms with Crippen LogP contribution in [-0.2, 0) is 14.1 Å². The highest BCUT2D eigenvalue weighted by atomic mass is 35.5. The summed E-state index contributed by atoms with van der Waals surface area (Å²) in [5.74, 6) is 0.386. The van der Waals surface area contributed by atoms with Crippen LogP contribution < -0.4 is 16.6 Å². The van der Waals surface area contributed by atoms with Gasteiger partial charge in [0.2, 0.25) is 11.6 Å². The number of fused-ring (bicyclic) bond motifs is 1. The van der Waals surface area contributed by atoms with Crippen molar-refractivity contribution in [1.29, 1.82) is 0 Å². The quantitative estimate of drug-likeness (QED) is 0.584. The number of halogens is 1. The third kappa shape index (κ3) is 2.84. The van der Waals surface area contributed by atoms with E-state index in [9.17, 15) is 9.59 Å². The standard InChI is InChI=1S/C20H16ClN3O3/c1-23-18(25)16-15(12-8-10-13(21)11-9-12)17(22-14-6-4-3-5-7-14)27-19(16)24(2)20(23)26/h3-11,22H,1-2H3. The van der Waals surface area contributed by atoms with Gasteiger partial charge in [-0.25, -0.2) is 4.79 Å². The normalized spacial score (nSPS) is 11.1. The van der Waals surface area contributed by atoms with Crippen LogP contribution in [0.25, 0.3) is 22.2 Å². The third-order valence-electron chi connectivity index (χ3n) is 4.45. The Hall–Kier alpha value is -3.25. The summed E-state index contributed by atoms with van der Waals surface area (Å²) < 4.78 is 8.34. The van der Waals surface area contributed by atoms with Crippen LogP contribution in [-0.4, -0.2) is 9.13 Å². The summed E-state index contributed by atoms with van der Waals surface area (Å²) in [6.45, 7) is 0. The number of furan rings is 1. The number of benzene rings is 2. The van der Waals surface area contributed by atoms with Gasteiger partial charge >= 0.3 is 5.69 Å². The molecule has 2 aromatic carbocycles. The molecule has 0 saturated heterocycles. The fourth-order valence-electron chi connectivity index (χ4n) is 3.05. The van der Waals surface area contributed by atoms with Crippen molar-refractivity contribution in [2.75, 3.05) is 5.32 Å². The molecule has 1 N–H and O–H groups in total. The van der Waals surface area contributed by atoms with Gasteiger partial charge in [-0.1, -0.05) is 41.9 Å². The van der Waals surface area contributed by atoms with Crippen LogP contribution in [0.2, 0.25) is 5.02 Å². The molecule has 0 fully saturated rings. The number of nitrogens with one attached hydrogen (secondary N) is 1. The monoisotopic (exact) mass is 381 g/mol. The predicted molar refractivity (Wildman–Crippen MR) is 107 cm³/mol. The molecule has 7 heteroatoms. The Kier molecular flexibility index (Phi) is 4.12. The van der Waals surface area contributed by atoms with E-state index >= 15 is 0 Å². The first-order chi connectivity index (χ1) is 13.0. The van der Waals surface area contributed by atoms with Crippen LogP contribution in [0.3, 0.4) is 0 Å². The number of hydrogen-bond acceptors (Lipinski definition) is 4. The average Bonchev–Trinajstić information content (AvgIpc) is 3.05. The Bertz CT molecular complexity index is 1250. The molecule has 0 aliphatic carbocycles. The first kappa shape index (κ1) is 17.2. The molecule has 0 bridgehead atoms. The SMILES string of the molecule is Cn1c(=O)c2c(-c3ccc(Cl)cc3)c(Nc3ccccc3)oc2n(C)c1=O. The van der Waals surface area contributed by atoms with Gasteiger partial charge in [-0.2, -0.15) is 0 Å². The van der Waals surface area contributed by atoms with E-state index in [0.29, 0.717) is 21.9 Å². The number of aromatic nitrogens is 2. The molecule has 4 aromatic rings. The molecule has 6 nitrogen and oxygen atoms in total. The van der Waals surface area contributed by atoms with Gasteiger partial charge in [0.05, 0.1) is 5.56 Å². The Morgan fingerprint density at radius 3 is 2.26 bits per heavy atom. The fourth-order valence-corrected chi connectivity index (χ4v) is 3.18. The van der Waals surface area contributed by atoms with Gasteiger partial charge in [0.1, 0.15) is 5.39 Å². The summed E-state index contributed by atoms with van der Waals surface area (Å²) in [5, 5.41) is 4.13. The summed E-state index contributed by atoms with van der Waals surface area (Å²) in [4.78, 5) is 25.2. The van der Waals surface area contributed by atoms with Crippen molar-refractivity contribution in [1.82, 2.24) is 9.13 Å². The second kappa shape index (κ2) is 6.48. The van der Waals surface area contributed by atoms with E-state index in [4.69, 9.17) is 16.0 Å². The first-order valence-corrected chi connectivity index (χ1v) is 8.65. The van der Waals surface area contributed by atoms with Crippen LogP contribution in [0.15, 0.2) is 68.6 Å². The largest absolute Gasteiger partial charge is 0.423 e. The highest BCUT2D eigenvalue weighted by molar-refractivity contribution is 6.30. The number of nitrogens with zero attached hydrogens (tertiary/aromatic N) is 2. The van der Waals surface area contributed by atoms with Crippen LogP contribution >= 0.6 is 11.6 Å². The van der Waals surface area contributed by atoms with Gasteiger partial charge in [-0.15, -0.1) is 0 Å². The third-order valence-corrected chi connectivity index (χ3v) is 4.70. The Morgan fingerprint density at radius 1 is 0.926 bits per heavy atom. The van der Waals surface area contributed by atoms with E-state index in [1.807, 2.05) is 42.5 Å². The van der Waals surface area contributed by atoms with Gasteiger partial charge < -0.3 is 9.73 Å². The molecule has 0 aliphatic rings. The molecule has 0 atom stereocenters. The molecular formula is C20H16ClN3O3. The molecule has 4 rings (SSSR count). The van der Waals surface area contributed by atoms with Crippen molar-refractivity contribution in [2.45, 2.75) is 0 Å². The minimum atomic E-state index is -0.449. The second-order valence-corrected chi connectivity index (χ2v) is 6.63.